The maximum Gasteiger partial charge on any atom is 0.237 e. The lowest BCUT2D eigenvalue weighted by Gasteiger charge is -2.12. The summed E-state index contributed by atoms with van der Waals surface area (Å²) in [7, 11) is 1.60. The number of methoxy groups -OCH3 is 1. The lowest BCUT2D eigenvalue weighted by Crippen LogP contribution is -2.22. The zero-order valence-electron chi connectivity index (χ0n) is 14.7. The van der Waals surface area contributed by atoms with Crippen molar-refractivity contribution in [2.75, 3.05) is 12.4 Å². The molecule has 7 nitrogen and oxygen atoms in total. The van der Waals surface area contributed by atoms with E-state index >= 15 is 0 Å². The monoisotopic (exact) mass is 369 g/mol. The Balaban J connectivity index is 1.70. The number of rotatable bonds is 6. The minimum absolute atomic E-state index is 0.125. The summed E-state index contributed by atoms with van der Waals surface area (Å²) in [6.07, 6.45) is 0. The van der Waals surface area contributed by atoms with Gasteiger partial charge in [-0.1, -0.05) is 30.0 Å². The van der Waals surface area contributed by atoms with Gasteiger partial charge in [0.1, 0.15) is 5.75 Å². The summed E-state index contributed by atoms with van der Waals surface area (Å²) in [6, 6.07) is 15.0. The minimum Gasteiger partial charge on any atom is -0.497 e. The van der Waals surface area contributed by atoms with Crippen LogP contribution >= 0.6 is 11.8 Å². The van der Waals surface area contributed by atoms with E-state index in [2.05, 4.69) is 20.8 Å². The molecule has 1 atom stereocenters. The van der Waals surface area contributed by atoms with E-state index in [4.69, 9.17) is 4.74 Å². The van der Waals surface area contributed by atoms with Gasteiger partial charge in [0.2, 0.25) is 11.1 Å². The predicted octanol–water partition coefficient (Wildman–Crippen LogP) is 3.10. The Hall–Kier alpha value is -2.87. The number of hydrogen-bond donors (Lipinski definition) is 1. The molecule has 26 heavy (non-hydrogen) atoms. The van der Waals surface area contributed by atoms with E-state index in [1.54, 1.807) is 36.1 Å². The molecule has 0 unspecified atom stereocenters. The number of nitrogens with one attached hydrogen (secondary N) is 1. The molecule has 0 radical (unpaired) electrons. The summed E-state index contributed by atoms with van der Waals surface area (Å²) >= 11 is 1.31. The molecule has 1 aromatic heterocycles. The Kier molecular flexibility index (Phi) is 5.52. The summed E-state index contributed by atoms with van der Waals surface area (Å²) in [4.78, 5) is 12.5. The highest BCUT2D eigenvalue weighted by Gasteiger charge is 2.20. The topological polar surface area (TPSA) is 81.9 Å². The van der Waals surface area contributed by atoms with Crippen molar-refractivity contribution in [1.29, 1.82) is 0 Å². The number of aromatic nitrogens is 4. The van der Waals surface area contributed by atoms with Crippen LogP contribution < -0.4 is 10.1 Å². The number of benzene rings is 2. The van der Waals surface area contributed by atoms with Gasteiger partial charge in [-0.2, -0.15) is 4.68 Å². The lowest BCUT2D eigenvalue weighted by atomic mass is 10.2. The van der Waals surface area contributed by atoms with Gasteiger partial charge in [-0.3, -0.25) is 4.79 Å². The number of hydrogen-bond acceptors (Lipinski definition) is 6. The van der Waals surface area contributed by atoms with Gasteiger partial charge in [0.25, 0.3) is 0 Å². The Labute approximate surface area is 155 Å². The van der Waals surface area contributed by atoms with Crippen molar-refractivity contribution in [2.45, 2.75) is 24.3 Å². The van der Waals surface area contributed by atoms with Gasteiger partial charge in [0, 0.05) is 5.69 Å². The standard InChI is InChI=1S/C18H19N5O2S/c1-12-6-4-5-7-16(12)23-18(20-21-22-23)26-13(2)17(24)19-14-8-10-15(25-3)11-9-14/h4-11,13H,1-3H3,(H,19,24)/t13-/m0/s1. The van der Waals surface area contributed by atoms with Crippen LogP contribution in [0.15, 0.2) is 53.7 Å². The van der Waals surface area contributed by atoms with Crippen LogP contribution in [0.5, 0.6) is 5.75 Å². The molecule has 2 aromatic carbocycles. The average Bonchev–Trinajstić information content (AvgIpc) is 3.10. The van der Waals surface area contributed by atoms with Crippen molar-refractivity contribution in [3.8, 4) is 11.4 Å². The van der Waals surface area contributed by atoms with Gasteiger partial charge >= 0.3 is 0 Å². The summed E-state index contributed by atoms with van der Waals surface area (Å²) in [6.45, 7) is 3.81. The fourth-order valence-electron chi connectivity index (χ4n) is 2.33. The number of carbonyl (C=O) groups is 1. The zero-order valence-corrected chi connectivity index (χ0v) is 15.5. The highest BCUT2D eigenvalue weighted by atomic mass is 32.2. The van der Waals surface area contributed by atoms with E-state index in [0.29, 0.717) is 10.8 Å². The third-order valence-electron chi connectivity index (χ3n) is 3.79. The van der Waals surface area contributed by atoms with E-state index in [9.17, 15) is 4.79 Å². The van der Waals surface area contributed by atoms with Gasteiger partial charge in [-0.25, -0.2) is 0 Å². The fraction of sp³-hybridized carbons (Fsp3) is 0.222. The molecular weight excluding hydrogens is 350 g/mol. The summed E-state index contributed by atoms with van der Waals surface area (Å²) in [5, 5.41) is 14.9. The molecular formula is C18H19N5O2S. The summed E-state index contributed by atoms with van der Waals surface area (Å²) in [5.41, 5.74) is 2.65. The smallest absolute Gasteiger partial charge is 0.237 e. The lowest BCUT2D eigenvalue weighted by molar-refractivity contribution is -0.115. The molecule has 8 heteroatoms. The number of tetrazole rings is 1. The molecule has 0 aliphatic heterocycles. The molecule has 1 amide bonds. The number of amides is 1. The number of anilines is 1. The van der Waals surface area contributed by atoms with Crippen molar-refractivity contribution in [2.24, 2.45) is 0 Å². The molecule has 0 aliphatic rings. The van der Waals surface area contributed by atoms with Crippen molar-refractivity contribution >= 4 is 23.4 Å². The molecule has 134 valence electrons. The van der Waals surface area contributed by atoms with E-state index in [1.807, 2.05) is 38.1 Å². The number of ether oxygens (including phenoxy) is 1. The number of carbonyl (C=O) groups excluding carboxylic acids is 1. The maximum absolute atomic E-state index is 12.5. The Morgan fingerprint density at radius 2 is 1.92 bits per heavy atom. The van der Waals surface area contributed by atoms with E-state index in [0.717, 1.165) is 17.0 Å². The van der Waals surface area contributed by atoms with Crippen molar-refractivity contribution in [1.82, 2.24) is 20.2 Å². The SMILES string of the molecule is COc1ccc(NC(=O)[C@H](C)Sc2nnnn2-c2ccccc2C)cc1. The number of para-hydroxylation sites is 1. The summed E-state index contributed by atoms with van der Waals surface area (Å²) in [5.74, 6) is 0.613. The molecule has 0 spiro atoms. The summed E-state index contributed by atoms with van der Waals surface area (Å²) < 4.78 is 6.76. The number of thioether (sulfide) groups is 1. The molecule has 3 aromatic rings. The van der Waals surface area contributed by atoms with Crippen LogP contribution in [0, 0.1) is 6.92 Å². The van der Waals surface area contributed by atoms with Crippen LogP contribution in [0.2, 0.25) is 0 Å². The predicted molar refractivity (Wildman–Crippen MR) is 101 cm³/mol. The highest BCUT2D eigenvalue weighted by Crippen LogP contribution is 2.25. The molecule has 3 rings (SSSR count). The number of nitrogens with zero attached hydrogens (tertiary/aromatic N) is 4. The van der Waals surface area contributed by atoms with Crippen LogP contribution in [0.3, 0.4) is 0 Å². The first-order valence-corrected chi connectivity index (χ1v) is 8.92. The van der Waals surface area contributed by atoms with Gasteiger partial charge in [-0.05, 0) is 60.2 Å². The van der Waals surface area contributed by atoms with Gasteiger partial charge in [0.15, 0.2) is 0 Å². The van der Waals surface area contributed by atoms with Crippen LogP contribution in [0.4, 0.5) is 5.69 Å². The first kappa shape index (κ1) is 17.9. The zero-order chi connectivity index (χ0) is 18.5. The normalized spacial score (nSPS) is 11.8. The first-order valence-electron chi connectivity index (χ1n) is 8.04. The molecule has 0 saturated carbocycles. The molecule has 1 heterocycles. The van der Waals surface area contributed by atoms with E-state index in [1.165, 1.54) is 11.8 Å². The quantitative estimate of drug-likeness (QED) is 0.673. The maximum atomic E-state index is 12.5. The highest BCUT2D eigenvalue weighted by molar-refractivity contribution is 8.00. The Morgan fingerprint density at radius 1 is 1.19 bits per heavy atom. The van der Waals surface area contributed by atoms with Crippen LogP contribution in [0.1, 0.15) is 12.5 Å². The minimum atomic E-state index is -0.370. The molecule has 0 saturated heterocycles. The van der Waals surface area contributed by atoms with Gasteiger partial charge in [0.05, 0.1) is 18.0 Å². The number of aryl methyl sites for hydroxylation is 1. The molecule has 0 aliphatic carbocycles. The fourth-order valence-corrected chi connectivity index (χ4v) is 3.14. The Morgan fingerprint density at radius 3 is 2.62 bits per heavy atom. The second-order valence-corrected chi connectivity index (χ2v) is 6.95. The largest absolute Gasteiger partial charge is 0.497 e. The first-order chi connectivity index (χ1) is 12.6. The molecule has 0 bridgehead atoms. The molecule has 1 N–H and O–H groups in total. The third kappa shape index (κ3) is 4.02. The van der Waals surface area contributed by atoms with Crippen LogP contribution in [-0.4, -0.2) is 38.5 Å². The molecule has 0 fully saturated rings. The van der Waals surface area contributed by atoms with E-state index < -0.39 is 0 Å². The van der Waals surface area contributed by atoms with Crippen molar-refractivity contribution in [3.05, 3.63) is 54.1 Å². The second kappa shape index (κ2) is 8.01. The van der Waals surface area contributed by atoms with Crippen molar-refractivity contribution in [3.63, 3.8) is 0 Å². The average molecular weight is 369 g/mol. The van der Waals surface area contributed by atoms with Crippen LogP contribution in [-0.2, 0) is 4.79 Å². The van der Waals surface area contributed by atoms with Gasteiger partial charge < -0.3 is 10.1 Å². The third-order valence-corrected chi connectivity index (χ3v) is 4.83. The van der Waals surface area contributed by atoms with Crippen molar-refractivity contribution < 1.29 is 9.53 Å². The Bertz CT molecular complexity index is 895. The second-order valence-electron chi connectivity index (χ2n) is 5.64. The van der Waals surface area contributed by atoms with Gasteiger partial charge in [-0.15, -0.1) is 5.10 Å². The van der Waals surface area contributed by atoms with Crippen LogP contribution in [0.25, 0.3) is 5.69 Å². The van der Waals surface area contributed by atoms with E-state index in [-0.39, 0.29) is 11.2 Å².